The summed E-state index contributed by atoms with van der Waals surface area (Å²) >= 11 is 0. The Hall–Kier alpha value is -0.220. The SMILES string of the molecule is CPC1O[C@H](CCN)C[C@H](CC(=O)OC(C)(C)C)O1. The fourth-order valence-corrected chi connectivity index (χ4v) is 2.65. The molecule has 4 atom stereocenters. The summed E-state index contributed by atoms with van der Waals surface area (Å²) in [7, 11) is 0.532. The van der Waals surface area contributed by atoms with Crippen LogP contribution in [0, 0.1) is 0 Å². The van der Waals surface area contributed by atoms with E-state index in [9.17, 15) is 4.79 Å². The molecule has 6 heteroatoms. The molecule has 1 aliphatic heterocycles. The van der Waals surface area contributed by atoms with E-state index in [0.717, 1.165) is 6.42 Å². The largest absolute Gasteiger partial charge is 0.460 e. The maximum atomic E-state index is 11.8. The molecular formula is C13H26NO4P. The molecule has 1 saturated heterocycles. The first-order valence-corrected chi connectivity index (χ1v) is 8.32. The molecule has 0 spiro atoms. The normalized spacial score (nSPS) is 28.8. The summed E-state index contributed by atoms with van der Waals surface area (Å²) in [6, 6.07) is -0.210. The Morgan fingerprint density at radius 3 is 2.53 bits per heavy atom. The first-order valence-electron chi connectivity index (χ1n) is 6.74. The third-order valence-corrected chi connectivity index (χ3v) is 3.44. The Bertz CT molecular complexity index is 293. The molecular weight excluding hydrogens is 265 g/mol. The molecule has 1 heterocycles. The molecule has 112 valence electrons. The van der Waals surface area contributed by atoms with Crippen molar-refractivity contribution in [2.45, 2.75) is 63.9 Å². The first-order chi connectivity index (χ1) is 8.84. The highest BCUT2D eigenvalue weighted by Crippen LogP contribution is 2.30. The van der Waals surface area contributed by atoms with Gasteiger partial charge in [-0.2, -0.15) is 0 Å². The molecule has 0 aromatic heterocycles. The molecule has 2 unspecified atom stereocenters. The van der Waals surface area contributed by atoms with Gasteiger partial charge in [0.05, 0.1) is 18.6 Å². The van der Waals surface area contributed by atoms with E-state index in [0.29, 0.717) is 21.5 Å². The van der Waals surface area contributed by atoms with Gasteiger partial charge < -0.3 is 19.9 Å². The van der Waals surface area contributed by atoms with Gasteiger partial charge in [0.2, 0.25) is 0 Å². The average molecular weight is 291 g/mol. The van der Waals surface area contributed by atoms with Crippen LogP contribution in [0.25, 0.3) is 0 Å². The third-order valence-electron chi connectivity index (χ3n) is 2.70. The van der Waals surface area contributed by atoms with E-state index in [1.807, 2.05) is 27.4 Å². The second-order valence-corrected chi connectivity index (χ2v) is 6.79. The lowest BCUT2D eigenvalue weighted by Crippen LogP contribution is -2.39. The zero-order valence-corrected chi connectivity index (χ0v) is 13.3. The molecule has 0 radical (unpaired) electrons. The van der Waals surface area contributed by atoms with Gasteiger partial charge in [0.15, 0.2) is 6.03 Å². The number of ether oxygens (including phenoxy) is 3. The van der Waals surface area contributed by atoms with Crippen molar-refractivity contribution in [2.75, 3.05) is 13.2 Å². The van der Waals surface area contributed by atoms with Gasteiger partial charge in [-0.3, -0.25) is 4.79 Å². The maximum Gasteiger partial charge on any atom is 0.308 e. The maximum absolute atomic E-state index is 11.8. The quantitative estimate of drug-likeness (QED) is 0.618. The Kier molecular flexibility index (Phi) is 6.67. The van der Waals surface area contributed by atoms with Crippen LogP contribution in [0.1, 0.15) is 40.0 Å². The lowest BCUT2D eigenvalue weighted by atomic mass is 10.1. The van der Waals surface area contributed by atoms with Crippen LogP contribution in [0.2, 0.25) is 0 Å². The van der Waals surface area contributed by atoms with Crippen molar-refractivity contribution in [1.29, 1.82) is 0 Å². The number of nitrogens with two attached hydrogens (primary N) is 1. The van der Waals surface area contributed by atoms with Crippen LogP contribution in [-0.4, -0.2) is 43.0 Å². The topological polar surface area (TPSA) is 70.8 Å². The predicted octanol–water partition coefficient (Wildman–Crippen LogP) is 1.83. The predicted molar refractivity (Wildman–Crippen MR) is 76.5 cm³/mol. The standard InChI is InChI=1S/C13H26NO4P/c1-13(2,3)18-11(15)8-10-7-9(5-6-14)16-12(17-10)19-4/h9-10,12,19H,5-8,14H2,1-4H3/t9-,10-,12?/m1/s1. The summed E-state index contributed by atoms with van der Waals surface area (Å²) < 4.78 is 16.8. The molecule has 0 bridgehead atoms. The van der Waals surface area contributed by atoms with Gasteiger partial charge in [-0.05, 0) is 40.4 Å². The second-order valence-electron chi connectivity index (χ2n) is 5.74. The molecule has 0 aromatic rings. The zero-order chi connectivity index (χ0) is 14.5. The average Bonchev–Trinajstić information content (AvgIpc) is 2.26. The van der Waals surface area contributed by atoms with Gasteiger partial charge in [0, 0.05) is 6.42 Å². The Morgan fingerprint density at radius 2 is 2.00 bits per heavy atom. The highest BCUT2D eigenvalue weighted by Gasteiger charge is 2.31. The highest BCUT2D eigenvalue weighted by molar-refractivity contribution is 7.37. The number of hydrogen-bond donors (Lipinski definition) is 1. The molecule has 19 heavy (non-hydrogen) atoms. The Labute approximate surface area is 117 Å². The van der Waals surface area contributed by atoms with Gasteiger partial charge >= 0.3 is 5.97 Å². The van der Waals surface area contributed by atoms with Gasteiger partial charge in [-0.15, -0.1) is 0 Å². The van der Waals surface area contributed by atoms with Crippen LogP contribution in [0.4, 0.5) is 0 Å². The monoisotopic (exact) mass is 291 g/mol. The number of carbonyl (C=O) groups is 1. The van der Waals surface area contributed by atoms with Crippen molar-refractivity contribution in [1.82, 2.24) is 0 Å². The van der Waals surface area contributed by atoms with E-state index in [1.165, 1.54) is 0 Å². The van der Waals surface area contributed by atoms with Crippen molar-refractivity contribution in [3.8, 4) is 0 Å². The van der Waals surface area contributed by atoms with Crippen molar-refractivity contribution in [3.63, 3.8) is 0 Å². The molecule has 1 rings (SSSR count). The van der Waals surface area contributed by atoms with Crippen molar-refractivity contribution in [3.05, 3.63) is 0 Å². The highest BCUT2D eigenvalue weighted by atomic mass is 31.1. The summed E-state index contributed by atoms with van der Waals surface area (Å²) in [5.41, 5.74) is 5.11. The molecule has 1 fully saturated rings. The van der Waals surface area contributed by atoms with Crippen LogP contribution < -0.4 is 5.73 Å². The van der Waals surface area contributed by atoms with E-state index >= 15 is 0 Å². The second kappa shape index (κ2) is 7.53. The number of carbonyl (C=O) groups excluding carboxylic acids is 1. The van der Waals surface area contributed by atoms with Crippen LogP contribution in [0.3, 0.4) is 0 Å². The van der Waals surface area contributed by atoms with Crippen LogP contribution in [0.15, 0.2) is 0 Å². The summed E-state index contributed by atoms with van der Waals surface area (Å²) in [5.74, 6) is -0.218. The van der Waals surface area contributed by atoms with E-state index in [2.05, 4.69) is 0 Å². The Balaban J connectivity index is 2.49. The van der Waals surface area contributed by atoms with Gasteiger partial charge in [0.25, 0.3) is 0 Å². The van der Waals surface area contributed by atoms with Crippen LogP contribution in [0.5, 0.6) is 0 Å². The van der Waals surface area contributed by atoms with Gasteiger partial charge in [-0.1, -0.05) is 8.58 Å². The zero-order valence-electron chi connectivity index (χ0n) is 12.3. The summed E-state index contributed by atoms with van der Waals surface area (Å²) in [5, 5.41) is 0. The van der Waals surface area contributed by atoms with E-state index < -0.39 is 5.60 Å². The number of esters is 1. The minimum absolute atomic E-state index is 0.0867. The molecule has 0 aromatic carbocycles. The Morgan fingerprint density at radius 1 is 1.37 bits per heavy atom. The van der Waals surface area contributed by atoms with Gasteiger partial charge in [0.1, 0.15) is 5.60 Å². The van der Waals surface area contributed by atoms with E-state index in [1.54, 1.807) is 0 Å². The van der Waals surface area contributed by atoms with Gasteiger partial charge in [-0.25, -0.2) is 0 Å². The minimum Gasteiger partial charge on any atom is -0.460 e. The molecule has 2 N–H and O–H groups in total. The summed E-state index contributed by atoms with van der Waals surface area (Å²) in [6.07, 6.45) is 1.75. The lowest BCUT2D eigenvalue weighted by Gasteiger charge is -2.35. The molecule has 5 nitrogen and oxygen atoms in total. The third kappa shape index (κ3) is 6.66. The lowest BCUT2D eigenvalue weighted by molar-refractivity contribution is -0.206. The summed E-state index contributed by atoms with van der Waals surface area (Å²) in [6.45, 7) is 8.21. The number of rotatable bonds is 5. The first kappa shape index (κ1) is 16.8. The van der Waals surface area contributed by atoms with E-state index in [-0.39, 0.29) is 30.6 Å². The van der Waals surface area contributed by atoms with Crippen molar-refractivity contribution < 1.29 is 19.0 Å². The van der Waals surface area contributed by atoms with Crippen LogP contribution in [-0.2, 0) is 19.0 Å². The van der Waals surface area contributed by atoms with E-state index in [4.69, 9.17) is 19.9 Å². The fourth-order valence-electron chi connectivity index (χ4n) is 1.99. The smallest absolute Gasteiger partial charge is 0.308 e. The number of hydrogen-bond acceptors (Lipinski definition) is 5. The van der Waals surface area contributed by atoms with Crippen molar-refractivity contribution >= 4 is 14.6 Å². The fraction of sp³-hybridized carbons (Fsp3) is 0.923. The molecule has 0 aliphatic carbocycles. The molecule has 0 saturated carbocycles. The minimum atomic E-state index is -0.454. The molecule has 1 aliphatic rings. The summed E-state index contributed by atoms with van der Waals surface area (Å²) in [4.78, 5) is 11.8. The van der Waals surface area contributed by atoms with Crippen molar-refractivity contribution in [2.24, 2.45) is 5.73 Å². The van der Waals surface area contributed by atoms with Crippen LogP contribution >= 0.6 is 8.58 Å². The molecule has 0 amide bonds.